The van der Waals surface area contributed by atoms with Crippen molar-refractivity contribution in [3.8, 4) is 0 Å². The second-order valence-electron chi connectivity index (χ2n) is 7.66. The van der Waals surface area contributed by atoms with Crippen molar-refractivity contribution in [2.75, 3.05) is 20.1 Å². The molecule has 1 N–H and O–H groups in total. The number of pyridine rings is 1. The summed E-state index contributed by atoms with van der Waals surface area (Å²) >= 11 is 0. The third-order valence-electron chi connectivity index (χ3n) is 4.47. The number of piperidine rings is 1. The van der Waals surface area contributed by atoms with Gasteiger partial charge in [-0.25, -0.2) is 14.8 Å². The number of aromatic nitrogens is 3. The highest BCUT2D eigenvalue weighted by Gasteiger charge is 2.28. The molecule has 2 aromatic rings. The molecule has 1 aliphatic heterocycles. The Hall–Kier alpha value is -2.15. The number of imidazole rings is 1. The van der Waals surface area contributed by atoms with Gasteiger partial charge in [-0.2, -0.15) is 0 Å². The van der Waals surface area contributed by atoms with Gasteiger partial charge < -0.3 is 14.6 Å². The maximum atomic E-state index is 12.2. The molecule has 1 saturated heterocycles. The second kappa shape index (κ2) is 7.00. The molecule has 3 heterocycles. The van der Waals surface area contributed by atoms with Crippen LogP contribution in [0, 0.1) is 0 Å². The van der Waals surface area contributed by atoms with Gasteiger partial charge in [-0.1, -0.05) is 0 Å². The lowest BCUT2D eigenvalue weighted by molar-refractivity contribution is 0.0148. The number of rotatable bonds is 3. The number of carbonyl (C=O) groups excluding carboxylic acids is 1. The zero-order valence-corrected chi connectivity index (χ0v) is 15.5. The summed E-state index contributed by atoms with van der Waals surface area (Å²) in [6.45, 7) is 8.32. The largest absolute Gasteiger partial charge is 0.444 e. The van der Waals surface area contributed by atoms with Gasteiger partial charge in [0, 0.05) is 32.4 Å². The molecule has 0 saturated carbocycles. The van der Waals surface area contributed by atoms with Crippen LogP contribution < -0.4 is 0 Å². The Labute approximate surface area is 148 Å². The van der Waals surface area contributed by atoms with Crippen LogP contribution in [0.25, 0.3) is 11.2 Å². The minimum absolute atomic E-state index is 0.225. The van der Waals surface area contributed by atoms with Crippen LogP contribution in [-0.2, 0) is 11.3 Å². The third-order valence-corrected chi connectivity index (χ3v) is 4.47. The highest BCUT2D eigenvalue weighted by atomic mass is 16.6. The number of nitrogens with one attached hydrogen (secondary N) is 1. The van der Waals surface area contributed by atoms with Gasteiger partial charge in [0.05, 0.1) is 12.1 Å². The summed E-state index contributed by atoms with van der Waals surface area (Å²) in [6.07, 6.45) is 3.39. The van der Waals surface area contributed by atoms with Crippen LogP contribution in [0.3, 0.4) is 0 Å². The molecule has 1 amide bonds. The zero-order chi connectivity index (χ0) is 18.0. The highest BCUT2D eigenvalue weighted by Crippen LogP contribution is 2.20. The number of likely N-dealkylation sites (tertiary alicyclic amines) is 1. The molecule has 0 bridgehead atoms. The van der Waals surface area contributed by atoms with E-state index in [1.165, 1.54) is 0 Å². The van der Waals surface area contributed by atoms with Crippen molar-refractivity contribution in [1.29, 1.82) is 0 Å². The molecular weight excluding hydrogens is 318 g/mol. The predicted octanol–water partition coefficient (Wildman–Crippen LogP) is 2.79. The van der Waals surface area contributed by atoms with Crippen LogP contribution in [0.1, 0.15) is 39.4 Å². The molecule has 0 atom stereocenters. The Morgan fingerprint density at radius 2 is 2.12 bits per heavy atom. The van der Waals surface area contributed by atoms with Gasteiger partial charge in [-0.05, 0) is 45.7 Å². The summed E-state index contributed by atoms with van der Waals surface area (Å²) < 4.78 is 5.46. The molecule has 2 aromatic heterocycles. The van der Waals surface area contributed by atoms with Crippen molar-refractivity contribution < 1.29 is 9.53 Å². The van der Waals surface area contributed by atoms with Crippen LogP contribution >= 0.6 is 0 Å². The maximum absolute atomic E-state index is 12.2. The summed E-state index contributed by atoms with van der Waals surface area (Å²) in [5.41, 5.74) is 1.27. The molecule has 0 unspecified atom stereocenters. The van der Waals surface area contributed by atoms with E-state index in [2.05, 4.69) is 19.9 Å². The number of hydrogen-bond acceptors (Lipinski definition) is 5. The van der Waals surface area contributed by atoms with E-state index in [0.29, 0.717) is 0 Å². The molecular formula is C18H27N5O2. The monoisotopic (exact) mass is 345 g/mol. The van der Waals surface area contributed by atoms with Gasteiger partial charge in [0.15, 0.2) is 5.65 Å². The van der Waals surface area contributed by atoms with Crippen molar-refractivity contribution in [2.24, 2.45) is 0 Å². The number of nitrogens with zero attached hydrogens (tertiary/aromatic N) is 4. The number of fused-ring (bicyclic) bond motifs is 1. The van der Waals surface area contributed by atoms with Crippen LogP contribution in [0.2, 0.25) is 0 Å². The number of H-pyrrole nitrogens is 1. The first kappa shape index (κ1) is 17.7. The molecule has 7 nitrogen and oxygen atoms in total. The van der Waals surface area contributed by atoms with Crippen LogP contribution in [-0.4, -0.2) is 62.6 Å². The predicted molar refractivity (Wildman–Crippen MR) is 96.2 cm³/mol. The standard InChI is InChI=1S/C18H27N5O2/c1-18(2,3)25-17(24)22(4)13-7-10-23(11-8-13)12-15-20-14-6-5-9-19-16(14)21-15/h5-6,9,13H,7-8,10-12H2,1-4H3,(H,19,20,21). The summed E-state index contributed by atoms with van der Waals surface area (Å²) in [5.74, 6) is 0.938. The molecule has 0 aliphatic carbocycles. The van der Waals surface area contributed by atoms with Crippen molar-refractivity contribution >= 4 is 17.3 Å². The first-order valence-corrected chi connectivity index (χ1v) is 8.79. The average Bonchev–Trinajstić information content (AvgIpc) is 2.95. The molecule has 1 fully saturated rings. The van der Waals surface area contributed by atoms with E-state index in [1.54, 1.807) is 11.1 Å². The quantitative estimate of drug-likeness (QED) is 0.926. The van der Waals surface area contributed by atoms with Gasteiger partial charge in [-0.3, -0.25) is 4.90 Å². The fraction of sp³-hybridized carbons (Fsp3) is 0.611. The van der Waals surface area contributed by atoms with E-state index in [0.717, 1.165) is 49.5 Å². The highest BCUT2D eigenvalue weighted by molar-refractivity contribution is 5.69. The summed E-state index contributed by atoms with van der Waals surface area (Å²) in [7, 11) is 1.83. The SMILES string of the molecule is CN(C(=O)OC(C)(C)C)C1CCN(Cc2nc3ncccc3[nH]2)CC1. The van der Waals surface area contributed by atoms with E-state index in [1.807, 2.05) is 40.0 Å². The number of ether oxygens (including phenoxy) is 1. The topological polar surface area (TPSA) is 74.3 Å². The Bertz CT molecular complexity index is 695. The van der Waals surface area contributed by atoms with Crippen LogP contribution in [0.5, 0.6) is 0 Å². The number of amides is 1. The molecule has 1 aliphatic rings. The van der Waals surface area contributed by atoms with Gasteiger partial charge in [0.1, 0.15) is 11.4 Å². The van der Waals surface area contributed by atoms with Crippen molar-refractivity contribution in [3.05, 3.63) is 24.2 Å². The Morgan fingerprint density at radius 3 is 2.76 bits per heavy atom. The van der Waals surface area contributed by atoms with E-state index >= 15 is 0 Å². The molecule has 0 radical (unpaired) electrons. The second-order valence-corrected chi connectivity index (χ2v) is 7.66. The van der Waals surface area contributed by atoms with E-state index < -0.39 is 5.60 Å². The normalized spacial score (nSPS) is 17.0. The van der Waals surface area contributed by atoms with Gasteiger partial charge in [0.2, 0.25) is 0 Å². The Morgan fingerprint density at radius 1 is 1.40 bits per heavy atom. The molecule has 136 valence electrons. The average molecular weight is 345 g/mol. The third kappa shape index (κ3) is 4.48. The molecule has 7 heteroatoms. The lowest BCUT2D eigenvalue weighted by Gasteiger charge is -2.37. The van der Waals surface area contributed by atoms with Gasteiger partial charge in [-0.15, -0.1) is 0 Å². The van der Waals surface area contributed by atoms with Gasteiger partial charge in [0.25, 0.3) is 0 Å². The lowest BCUT2D eigenvalue weighted by atomic mass is 10.0. The number of aromatic amines is 1. The van der Waals surface area contributed by atoms with Crippen molar-refractivity contribution in [2.45, 2.75) is 51.8 Å². The van der Waals surface area contributed by atoms with Crippen LogP contribution in [0.4, 0.5) is 4.79 Å². The fourth-order valence-electron chi connectivity index (χ4n) is 3.13. The fourth-order valence-corrected chi connectivity index (χ4v) is 3.13. The summed E-state index contributed by atoms with van der Waals surface area (Å²) in [6, 6.07) is 4.12. The summed E-state index contributed by atoms with van der Waals surface area (Å²) in [4.78, 5) is 28.4. The van der Waals surface area contributed by atoms with E-state index in [-0.39, 0.29) is 12.1 Å². The molecule has 0 spiro atoms. The lowest BCUT2D eigenvalue weighted by Crippen LogP contribution is -2.46. The van der Waals surface area contributed by atoms with E-state index in [4.69, 9.17) is 4.74 Å². The minimum Gasteiger partial charge on any atom is -0.444 e. The van der Waals surface area contributed by atoms with Crippen molar-refractivity contribution in [3.63, 3.8) is 0 Å². The summed E-state index contributed by atoms with van der Waals surface area (Å²) in [5, 5.41) is 0. The van der Waals surface area contributed by atoms with E-state index in [9.17, 15) is 4.79 Å². The van der Waals surface area contributed by atoms with Crippen molar-refractivity contribution in [1.82, 2.24) is 24.8 Å². The molecule has 25 heavy (non-hydrogen) atoms. The first-order chi connectivity index (χ1) is 11.8. The minimum atomic E-state index is -0.457. The smallest absolute Gasteiger partial charge is 0.410 e. The van der Waals surface area contributed by atoms with Crippen LogP contribution in [0.15, 0.2) is 18.3 Å². The molecule has 0 aromatic carbocycles. The zero-order valence-electron chi connectivity index (χ0n) is 15.5. The van der Waals surface area contributed by atoms with Gasteiger partial charge >= 0.3 is 6.09 Å². The first-order valence-electron chi connectivity index (χ1n) is 8.79. The Kier molecular flexibility index (Phi) is 4.94. The number of carbonyl (C=O) groups is 1. The molecule has 3 rings (SSSR count). The maximum Gasteiger partial charge on any atom is 0.410 e. The number of hydrogen-bond donors (Lipinski definition) is 1. The Balaban J connectivity index is 1.52.